The summed E-state index contributed by atoms with van der Waals surface area (Å²) in [7, 11) is 3.33. The molecule has 1 saturated heterocycles. The van der Waals surface area contributed by atoms with E-state index in [1.165, 1.54) is 0 Å². The summed E-state index contributed by atoms with van der Waals surface area (Å²) in [4.78, 5) is 46.3. The molecule has 13 nitrogen and oxygen atoms in total. The molecule has 0 radical (unpaired) electrons. The average molecular weight is 719 g/mol. The first-order valence-corrected chi connectivity index (χ1v) is 18.0. The Morgan fingerprint density at radius 1 is 0.981 bits per heavy atom. The van der Waals surface area contributed by atoms with Crippen molar-refractivity contribution in [2.75, 3.05) is 58.6 Å². The Balaban J connectivity index is 1.35. The van der Waals surface area contributed by atoms with Gasteiger partial charge in [-0.05, 0) is 66.6 Å². The fourth-order valence-corrected chi connectivity index (χ4v) is 6.90. The van der Waals surface area contributed by atoms with Crippen LogP contribution in [0.25, 0.3) is 0 Å². The molecule has 280 valence electrons. The first-order valence-electron chi connectivity index (χ1n) is 18.0. The lowest BCUT2D eigenvalue weighted by Crippen LogP contribution is -2.53. The Hall–Kier alpha value is -4.88. The van der Waals surface area contributed by atoms with Crippen LogP contribution in [0.2, 0.25) is 0 Å². The largest absolute Gasteiger partial charge is 0.497 e. The molecule has 2 amide bonds. The van der Waals surface area contributed by atoms with Crippen molar-refractivity contribution < 1.29 is 38.5 Å². The number of methoxy groups -OCH3 is 2. The van der Waals surface area contributed by atoms with Crippen molar-refractivity contribution >= 4 is 17.5 Å². The minimum atomic E-state index is -0.827. The van der Waals surface area contributed by atoms with Crippen molar-refractivity contribution in [3.8, 4) is 11.5 Å². The number of likely N-dealkylation sites (tertiary alicyclic amines) is 1. The van der Waals surface area contributed by atoms with Gasteiger partial charge in [-0.1, -0.05) is 48.5 Å². The lowest BCUT2D eigenvalue weighted by molar-refractivity contribution is -0.757. The number of fused-ring (bicyclic) bond motifs is 1. The predicted molar refractivity (Wildman–Crippen MR) is 195 cm³/mol. The average Bonchev–Trinajstić information content (AvgIpc) is 3.16. The molecule has 52 heavy (non-hydrogen) atoms. The molecule has 5 rings (SSSR count). The zero-order chi connectivity index (χ0) is 36.7. The normalized spacial score (nSPS) is 18.2. The van der Waals surface area contributed by atoms with Crippen LogP contribution in [0.5, 0.6) is 11.5 Å². The zero-order valence-electron chi connectivity index (χ0n) is 30.1. The summed E-state index contributed by atoms with van der Waals surface area (Å²) < 4.78 is 23.4. The molecule has 2 aliphatic rings. The van der Waals surface area contributed by atoms with Gasteiger partial charge in [-0.25, -0.2) is 0 Å². The third-order valence-electron chi connectivity index (χ3n) is 9.62. The number of amides is 2. The van der Waals surface area contributed by atoms with Gasteiger partial charge in [-0.2, -0.15) is 0 Å². The topological polar surface area (TPSA) is 142 Å². The second-order valence-electron chi connectivity index (χ2n) is 13.1. The van der Waals surface area contributed by atoms with E-state index in [1.807, 2.05) is 66.7 Å². The number of anilines is 1. The number of carbonyl (C=O) groups excluding carboxylic acids is 2. The smallest absolute Gasteiger partial charge is 0.294 e. The summed E-state index contributed by atoms with van der Waals surface area (Å²) >= 11 is 0. The van der Waals surface area contributed by atoms with Gasteiger partial charge in [0, 0.05) is 58.2 Å². The number of ether oxygens (including phenoxy) is 4. The Morgan fingerprint density at radius 3 is 2.54 bits per heavy atom. The molecule has 0 spiro atoms. The second kappa shape index (κ2) is 19.7. The number of benzene rings is 3. The Labute approximate surface area is 305 Å². The maximum Gasteiger partial charge on any atom is 0.294 e. The number of unbranched alkanes of at least 4 members (excludes halogenated alkanes) is 1. The lowest BCUT2D eigenvalue weighted by atomic mass is 9.81. The van der Waals surface area contributed by atoms with Gasteiger partial charge in [-0.3, -0.25) is 9.59 Å². The van der Waals surface area contributed by atoms with E-state index in [4.69, 9.17) is 18.9 Å². The molecular formula is C39H50N4O9. The van der Waals surface area contributed by atoms with Crippen molar-refractivity contribution in [3.05, 3.63) is 99.6 Å². The van der Waals surface area contributed by atoms with Crippen LogP contribution in [0, 0.1) is 10.1 Å². The molecule has 3 atom stereocenters. The van der Waals surface area contributed by atoms with E-state index in [0.717, 1.165) is 53.4 Å². The minimum absolute atomic E-state index is 0.0769. The number of rotatable bonds is 19. The highest BCUT2D eigenvalue weighted by Gasteiger charge is 2.40. The number of hydrogen-bond acceptors (Lipinski definition) is 10. The highest BCUT2D eigenvalue weighted by atomic mass is 16.9. The van der Waals surface area contributed by atoms with Crippen LogP contribution in [0.3, 0.4) is 0 Å². The molecule has 3 aromatic rings. The summed E-state index contributed by atoms with van der Waals surface area (Å²) in [5.74, 6) is 1.20. The van der Waals surface area contributed by atoms with E-state index in [2.05, 4.69) is 21.1 Å². The van der Waals surface area contributed by atoms with E-state index in [9.17, 15) is 19.7 Å². The summed E-state index contributed by atoms with van der Waals surface area (Å²) in [5, 5.41) is 12.8. The van der Waals surface area contributed by atoms with Crippen LogP contribution in [0.4, 0.5) is 5.69 Å². The number of nitrogens with one attached hydrogen (secondary N) is 1. The van der Waals surface area contributed by atoms with Crippen LogP contribution < -0.4 is 19.7 Å². The van der Waals surface area contributed by atoms with Gasteiger partial charge < -0.3 is 38.9 Å². The predicted octanol–water partition coefficient (Wildman–Crippen LogP) is 5.29. The number of carbonyl (C=O) groups is 2. The second-order valence-corrected chi connectivity index (χ2v) is 13.1. The summed E-state index contributed by atoms with van der Waals surface area (Å²) in [6.45, 7) is 3.87. The highest BCUT2D eigenvalue weighted by Crippen LogP contribution is 2.38. The Kier molecular flexibility index (Phi) is 14.5. The minimum Gasteiger partial charge on any atom is -0.497 e. The van der Waals surface area contributed by atoms with E-state index in [0.29, 0.717) is 45.6 Å². The van der Waals surface area contributed by atoms with Crippen LogP contribution >= 0.6 is 0 Å². The zero-order valence-corrected chi connectivity index (χ0v) is 30.1. The van der Waals surface area contributed by atoms with Crippen LogP contribution in [0.1, 0.15) is 61.1 Å². The quantitative estimate of drug-likeness (QED) is 0.0988. The fraction of sp³-hybridized carbons (Fsp3) is 0.487. The SMILES string of the molecule is COCCCN1CCOc2ccc(COC3CN(C(=O)CCCCO[N+](=O)[O-])C(CC(=O)NCc4ccccc4)CC3c3ccc(OC)cc3)cc21. The van der Waals surface area contributed by atoms with Gasteiger partial charge in [0.2, 0.25) is 11.8 Å². The molecule has 0 aromatic heterocycles. The van der Waals surface area contributed by atoms with Gasteiger partial charge in [0.1, 0.15) is 18.1 Å². The summed E-state index contributed by atoms with van der Waals surface area (Å²) in [5.41, 5.74) is 4.03. The molecule has 2 aliphatic heterocycles. The third kappa shape index (κ3) is 11.1. The first-order chi connectivity index (χ1) is 25.3. The van der Waals surface area contributed by atoms with Gasteiger partial charge in [0.25, 0.3) is 5.09 Å². The van der Waals surface area contributed by atoms with Crippen LogP contribution in [-0.4, -0.2) is 87.6 Å². The lowest BCUT2D eigenvalue weighted by Gasteiger charge is -2.44. The molecule has 13 heteroatoms. The molecule has 1 N–H and O–H groups in total. The number of hydrogen-bond donors (Lipinski definition) is 1. The highest BCUT2D eigenvalue weighted by molar-refractivity contribution is 5.80. The molecule has 0 aliphatic carbocycles. The van der Waals surface area contributed by atoms with E-state index in [1.54, 1.807) is 19.1 Å². The Morgan fingerprint density at radius 2 is 1.79 bits per heavy atom. The van der Waals surface area contributed by atoms with Crippen molar-refractivity contribution in [1.82, 2.24) is 10.2 Å². The van der Waals surface area contributed by atoms with Crippen molar-refractivity contribution in [2.45, 2.75) is 69.7 Å². The van der Waals surface area contributed by atoms with Crippen molar-refractivity contribution in [2.24, 2.45) is 0 Å². The Bertz CT molecular complexity index is 1590. The van der Waals surface area contributed by atoms with E-state index >= 15 is 0 Å². The van der Waals surface area contributed by atoms with Crippen LogP contribution in [0.15, 0.2) is 72.8 Å². The van der Waals surface area contributed by atoms with Crippen molar-refractivity contribution in [1.29, 1.82) is 0 Å². The van der Waals surface area contributed by atoms with Gasteiger partial charge in [0.15, 0.2) is 0 Å². The van der Waals surface area contributed by atoms with Crippen LogP contribution in [-0.2, 0) is 37.1 Å². The van der Waals surface area contributed by atoms with Crippen molar-refractivity contribution in [3.63, 3.8) is 0 Å². The third-order valence-corrected chi connectivity index (χ3v) is 9.62. The fourth-order valence-electron chi connectivity index (χ4n) is 6.90. The van der Waals surface area contributed by atoms with Gasteiger partial charge in [-0.15, -0.1) is 10.1 Å². The molecule has 1 fully saturated rings. The maximum atomic E-state index is 13.8. The molecule has 3 aromatic carbocycles. The molecule has 3 unspecified atom stereocenters. The first kappa shape index (κ1) is 38.4. The molecule has 0 saturated carbocycles. The molecule has 2 heterocycles. The maximum absolute atomic E-state index is 13.8. The molecule has 0 bridgehead atoms. The van der Waals surface area contributed by atoms with E-state index < -0.39 is 5.09 Å². The van der Waals surface area contributed by atoms with Gasteiger partial charge in [0.05, 0.1) is 38.7 Å². The monoisotopic (exact) mass is 718 g/mol. The standard InChI is InChI=1S/C39H50N4O9/c1-48-20-8-18-41-19-22-50-36-17-12-30(23-35(36)41)28-51-37-27-42(39(45)11-6-7-21-52-43(46)47)32(24-34(37)31-13-15-33(49-2)16-14-31)25-38(44)40-26-29-9-4-3-5-10-29/h3-5,9-10,12-17,23,32,34,37H,6-8,11,18-22,24-28H2,1-2H3,(H,40,44). The summed E-state index contributed by atoms with van der Waals surface area (Å²) in [6.07, 6.45) is 2.13. The van der Waals surface area contributed by atoms with Gasteiger partial charge >= 0.3 is 0 Å². The number of piperidine rings is 1. The molecular weight excluding hydrogens is 668 g/mol. The number of nitrogens with zero attached hydrogens (tertiary/aromatic N) is 3. The van der Waals surface area contributed by atoms with E-state index in [-0.39, 0.29) is 55.9 Å². The summed E-state index contributed by atoms with van der Waals surface area (Å²) in [6, 6.07) is 23.3.